The highest BCUT2D eigenvalue weighted by Gasteiger charge is 2.87. The Morgan fingerprint density at radius 3 is 1.64 bits per heavy atom. The molecule has 0 aliphatic rings. The Labute approximate surface area is 150 Å². The van der Waals surface area contributed by atoms with E-state index in [4.69, 9.17) is 4.74 Å². The van der Waals surface area contributed by atoms with Gasteiger partial charge in [0.05, 0.1) is 12.7 Å². The Balaban J connectivity index is 3.15. The number of aliphatic hydroxyl groups excluding tert-OH is 1. The Bertz CT molecular complexity index is 653. The van der Waals surface area contributed by atoms with Crippen LogP contribution in [0.4, 0.5) is 48.3 Å². The van der Waals surface area contributed by atoms with Gasteiger partial charge in [0, 0.05) is 6.42 Å². The molecule has 1 unspecified atom stereocenters. The number of hydrogen-bond acceptors (Lipinski definition) is 2. The molecule has 0 aliphatic carbocycles. The molecule has 0 saturated carbocycles. The summed E-state index contributed by atoms with van der Waals surface area (Å²) in [5, 5.41) is 9.56. The smallest absolute Gasteiger partial charge is 0.460 e. The van der Waals surface area contributed by atoms with Gasteiger partial charge in [0.25, 0.3) is 0 Å². The maximum Gasteiger partial charge on any atom is 0.460 e. The first kappa shape index (κ1) is 24.2. The van der Waals surface area contributed by atoms with Gasteiger partial charge >= 0.3 is 29.9 Å². The zero-order chi connectivity index (χ0) is 22.2. The van der Waals surface area contributed by atoms with Crippen LogP contribution in [-0.4, -0.2) is 41.6 Å². The Morgan fingerprint density at radius 2 is 1.25 bits per heavy atom. The van der Waals surface area contributed by atoms with Crippen LogP contribution in [0.2, 0.25) is 0 Å². The third kappa shape index (κ3) is 4.13. The van der Waals surface area contributed by atoms with Crippen LogP contribution in [0, 0.1) is 0 Å². The normalized spacial score (nSPS) is 15.5. The van der Waals surface area contributed by atoms with Crippen LogP contribution in [0.15, 0.2) is 24.3 Å². The van der Waals surface area contributed by atoms with Crippen LogP contribution in [0.3, 0.4) is 0 Å². The lowest BCUT2D eigenvalue weighted by Crippen LogP contribution is -2.66. The van der Waals surface area contributed by atoms with E-state index in [0.717, 1.165) is 24.3 Å². The first-order valence-corrected chi connectivity index (χ1v) is 7.41. The summed E-state index contributed by atoms with van der Waals surface area (Å²) >= 11 is 0. The average Bonchev–Trinajstić information content (AvgIpc) is 2.53. The van der Waals surface area contributed by atoms with E-state index in [1.807, 2.05) is 0 Å². The van der Waals surface area contributed by atoms with Crippen molar-refractivity contribution in [3.05, 3.63) is 29.8 Å². The minimum absolute atomic E-state index is 0.173. The van der Waals surface area contributed by atoms with Crippen molar-refractivity contribution in [3.63, 3.8) is 0 Å². The number of ether oxygens (including phenoxy) is 1. The highest BCUT2D eigenvalue weighted by atomic mass is 19.4. The summed E-state index contributed by atoms with van der Waals surface area (Å²) in [6, 6.07) is 3.99. The molecule has 162 valence electrons. The third-order valence-corrected chi connectivity index (χ3v) is 3.63. The molecule has 0 aromatic heterocycles. The second-order valence-corrected chi connectivity index (χ2v) is 5.65. The van der Waals surface area contributed by atoms with Crippen molar-refractivity contribution in [2.75, 3.05) is 6.61 Å². The minimum atomic E-state index is -7.49. The average molecular weight is 434 g/mol. The minimum Gasteiger partial charge on any atom is -0.494 e. The Morgan fingerprint density at radius 1 is 0.786 bits per heavy atom. The van der Waals surface area contributed by atoms with Crippen LogP contribution in [0.25, 0.3) is 0 Å². The van der Waals surface area contributed by atoms with Gasteiger partial charge in [-0.1, -0.05) is 12.1 Å². The number of alkyl halides is 11. The molecule has 0 aliphatic heterocycles. The Hall–Kier alpha value is -1.79. The molecule has 28 heavy (non-hydrogen) atoms. The van der Waals surface area contributed by atoms with E-state index in [9.17, 15) is 53.4 Å². The molecule has 0 spiro atoms. The standard InChI is InChI=1S/C15H13F11O2/c1-2-28-9-5-3-8(4-6-9)10(27)7-11(16,17)12(18,19)13(20,21)14(22,23)15(24,25)26/h3-6,10,27H,2,7H2,1H3. The summed E-state index contributed by atoms with van der Waals surface area (Å²) in [6.45, 7) is 1.77. The fraction of sp³-hybridized carbons (Fsp3) is 0.600. The van der Waals surface area contributed by atoms with Gasteiger partial charge in [-0.15, -0.1) is 0 Å². The SMILES string of the molecule is CCOc1ccc(C(O)CC(F)(F)C(F)(F)C(F)(F)C(F)(F)C(F)(F)F)cc1. The summed E-state index contributed by atoms with van der Waals surface area (Å²) in [5.41, 5.74) is -0.509. The Kier molecular flexibility index (Phi) is 6.55. The van der Waals surface area contributed by atoms with Gasteiger partial charge in [0.1, 0.15) is 5.75 Å². The van der Waals surface area contributed by atoms with Gasteiger partial charge in [-0.3, -0.25) is 0 Å². The summed E-state index contributed by atoms with van der Waals surface area (Å²) in [4.78, 5) is 0. The molecule has 0 radical (unpaired) electrons. The fourth-order valence-corrected chi connectivity index (χ4v) is 2.05. The molecule has 0 amide bonds. The highest BCUT2D eigenvalue weighted by Crippen LogP contribution is 2.58. The van der Waals surface area contributed by atoms with E-state index in [1.54, 1.807) is 6.92 Å². The van der Waals surface area contributed by atoms with Crippen molar-refractivity contribution in [1.29, 1.82) is 0 Å². The van der Waals surface area contributed by atoms with Crippen LogP contribution >= 0.6 is 0 Å². The quantitative estimate of drug-likeness (QED) is 0.539. The second-order valence-electron chi connectivity index (χ2n) is 5.65. The number of aliphatic hydroxyl groups is 1. The zero-order valence-electron chi connectivity index (χ0n) is 13.8. The molecule has 0 heterocycles. The maximum absolute atomic E-state index is 13.6. The molecule has 2 nitrogen and oxygen atoms in total. The van der Waals surface area contributed by atoms with Crippen molar-refractivity contribution in [3.8, 4) is 5.75 Å². The molecule has 0 saturated heterocycles. The third-order valence-electron chi connectivity index (χ3n) is 3.63. The predicted molar refractivity (Wildman–Crippen MR) is 73.0 cm³/mol. The van der Waals surface area contributed by atoms with Gasteiger partial charge in [-0.2, -0.15) is 48.3 Å². The lowest BCUT2D eigenvalue weighted by molar-refractivity contribution is -0.423. The van der Waals surface area contributed by atoms with E-state index in [-0.39, 0.29) is 12.4 Å². The van der Waals surface area contributed by atoms with Gasteiger partial charge in [-0.25, -0.2) is 0 Å². The van der Waals surface area contributed by atoms with Crippen molar-refractivity contribution in [2.45, 2.75) is 49.3 Å². The lowest BCUT2D eigenvalue weighted by Gasteiger charge is -2.37. The van der Waals surface area contributed by atoms with E-state index >= 15 is 0 Å². The van der Waals surface area contributed by atoms with Crippen molar-refractivity contribution in [1.82, 2.24) is 0 Å². The topological polar surface area (TPSA) is 29.5 Å². The molecule has 1 aromatic carbocycles. The van der Waals surface area contributed by atoms with E-state index in [1.165, 1.54) is 0 Å². The second kappa shape index (κ2) is 7.56. The van der Waals surface area contributed by atoms with Gasteiger partial charge in [-0.05, 0) is 24.6 Å². The molecule has 1 rings (SSSR count). The molecule has 1 atom stereocenters. The van der Waals surface area contributed by atoms with Crippen molar-refractivity contribution < 1.29 is 58.1 Å². The molecule has 13 heteroatoms. The van der Waals surface area contributed by atoms with E-state index in [2.05, 4.69) is 0 Å². The van der Waals surface area contributed by atoms with Gasteiger partial charge < -0.3 is 9.84 Å². The van der Waals surface area contributed by atoms with Crippen LogP contribution < -0.4 is 4.74 Å². The maximum atomic E-state index is 13.6. The zero-order valence-corrected chi connectivity index (χ0v) is 13.8. The number of halogens is 11. The van der Waals surface area contributed by atoms with Gasteiger partial charge in [0.2, 0.25) is 0 Å². The molecule has 0 fully saturated rings. The number of rotatable bonds is 8. The molecule has 1 N–H and O–H groups in total. The summed E-state index contributed by atoms with van der Waals surface area (Å²) in [5.74, 6) is -28.0. The summed E-state index contributed by atoms with van der Waals surface area (Å²) in [6.07, 6.45) is -12.3. The fourth-order valence-electron chi connectivity index (χ4n) is 2.05. The summed E-state index contributed by atoms with van der Waals surface area (Å²) in [7, 11) is 0. The largest absolute Gasteiger partial charge is 0.494 e. The molecule has 1 aromatic rings. The van der Waals surface area contributed by atoms with E-state index in [0.29, 0.717) is 0 Å². The predicted octanol–water partition coefficient (Wildman–Crippen LogP) is 5.61. The first-order chi connectivity index (χ1) is 12.4. The van der Waals surface area contributed by atoms with Crippen molar-refractivity contribution in [2.24, 2.45) is 0 Å². The van der Waals surface area contributed by atoms with E-state index < -0.39 is 48.0 Å². The van der Waals surface area contributed by atoms with Crippen LogP contribution in [-0.2, 0) is 0 Å². The summed E-state index contributed by atoms with van der Waals surface area (Å²) < 4.78 is 147. The van der Waals surface area contributed by atoms with Crippen LogP contribution in [0.5, 0.6) is 5.75 Å². The van der Waals surface area contributed by atoms with Crippen LogP contribution in [0.1, 0.15) is 25.0 Å². The lowest BCUT2D eigenvalue weighted by atomic mass is 9.92. The van der Waals surface area contributed by atoms with Crippen molar-refractivity contribution >= 4 is 0 Å². The monoisotopic (exact) mass is 434 g/mol. The number of hydrogen-bond donors (Lipinski definition) is 1. The first-order valence-electron chi connectivity index (χ1n) is 7.41. The highest BCUT2D eigenvalue weighted by molar-refractivity contribution is 5.28. The van der Waals surface area contributed by atoms with Gasteiger partial charge in [0.15, 0.2) is 0 Å². The molecule has 0 bridgehead atoms. The number of benzene rings is 1. The molecular weight excluding hydrogens is 421 g/mol. The molecular formula is C15H13F11O2.